The van der Waals surface area contributed by atoms with E-state index in [-0.39, 0.29) is 30.4 Å². The Hall–Kier alpha value is -1.79. The van der Waals surface area contributed by atoms with Crippen molar-refractivity contribution < 1.29 is 9.59 Å². The number of nitrogens with one attached hydrogen (secondary N) is 1. The van der Waals surface area contributed by atoms with Crippen molar-refractivity contribution in [2.24, 2.45) is 5.73 Å². The molecule has 120 valence electrons. The van der Waals surface area contributed by atoms with Crippen LogP contribution in [0.2, 0.25) is 0 Å². The Bertz CT molecular complexity index is 563. The topological polar surface area (TPSA) is 78.7 Å². The molecule has 0 bridgehead atoms. The molecule has 3 N–H and O–H groups in total. The van der Waals surface area contributed by atoms with Gasteiger partial charge >= 0.3 is 6.03 Å². The molecule has 0 aliphatic carbocycles. The zero-order chi connectivity index (χ0) is 15.0. The molecule has 6 nitrogen and oxygen atoms in total. The van der Waals surface area contributed by atoms with Gasteiger partial charge in [-0.25, -0.2) is 4.79 Å². The van der Waals surface area contributed by atoms with E-state index in [4.69, 9.17) is 5.73 Å². The van der Waals surface area contributed by atoms with E-state index in [1.54, 1.807) is 9.80 Å². The van der Waals surface area contributed by atoms with E-state index in [9.17, 15) is 9.59 Å². The molecule has 2 fully saturated rings. The average Bonchev–Trinajstić information content (AvgIpc) is 2.87. The maximum absolute atomic E-state index is 12.5. The normalized spacial score (nSPS) is 21.7. The van der Waals surface area contributed by atoms with Crippen molar-refractivity contribution in [3.05, 3.63) is 35.4 Å². The summed E-state index contributed by atoms with van der Waals surface area (Å²) in [6.45, 7) is 4.27. The molecule has 7 heteroatoms. The molecule has 3 amide bonds. The van der Waals surface area contributed by atoms with E-state index >= 15 is 0 Å². The fraction of sp³-hybridized carbons (Fsp3) is 0.467. The number of amides is 3. The van der Waals surface area contributed by atoms with Gasteiger partial charge in [-0.15, -0.1) is 12.4 Å². The number of nitrogens with zero attached hydrogens (tertiary/aromatic N) is 2. The molecule has 0 radical (unpaired) electrons. The van der Waals surface area contributed by atoms with E-state index < -0.39 is 6.04 Å². The maximum Gasteiger partial charge on any atom is 0.317 e. The van der Waals surface area contributed by atoms with E-state index in [0.29, 0.717) is 26.2 Å². The van der Waals surface area contributed by atoms with E-state index in [0.717, 1.165) is 11.1 Å². The van der Waals surface area contributed by atoms with Gasteiger partial charge in [-0.05, 0) is 12.5 Å². The molecule has 0 spiro atoms. The lowest BCUT2D eigenvalue weighted by atomic mass is 10.0. The number of carbonyl (C=O) groups is 2. The number of rotatable bonds is 2. The second-order valence-electron chi connectivity index (χ2n) is 5.71. The van der Waals surface area contributed by atoms with Gasteiger partial charge in [-0.3, -0.25) is 4.79 Å². The molecule has 2 aliphatic heterocycles. The van der Waals surface area contributed by atoms with Crippen LogP contribution in [-0.4, -0.2) is 54.0 Å². The summed E-state index contributed by atoms with van der Waals surface area (Å²) in [5.41, 5.74) is 8.07. The van der Waals surface area contributed by atoms with Gasteiger partial charge in [0.1, 0.15) is 6.04 Å². The molecular formula is C15H21ClN4O2. The Morgan fingerprint density at radius 3 is 2.68 bits per heavy atom. The van der Waals surface area contributed by atoms with E-state index in [2.05, 4.69) is 5.32 Å². The van der Waals surface area contributed by atoms with Crippen LogP contribution in [-0.2, 0) is 4.79 Å². The van der Waals surface area contributed by atoms with E-state index in [1.165, 1.54) is 0 Å². The van der Waals surface area contributed by atoms with Gasteiger partial charge in [0.2, 0.25) is 5.91 Å². The Morgan fingerprint density at radius 2 is 2.00 bits per heavy atom. The lowest BCUT2D eigenvalue weighted by Crippen LogP contribution is -2.55. The Balaban J connectivity index is 0.00000176. The molecule has 0 aromatic heterocycles. The summed E-state index contributed by atoms with van der Waals surface area (Å²) >= 11 is 0. The van der Waals surface area contributed by atoms with Crippen molar-refractivity contribution in [3.8, 4) is 0 Å². The average molecular weight is 325 g/mol. The highest BCUT2D eigenvalue weighted by molar-refractivity contribution is 5.85. The second-order valence-corrected chi connectivity index (χ2v) is 5.71. The van der Waals surface area contributed by atoms with Crippen LogP contribution in [0.1, 0.15) is 17.2 Å². The van der Waals surface area contributed by atoms with Gasteiger partial charge in [-0.1, -0.05) is 29.8 Å². The monoisotopic (exact) mass is 324 g/mol. The number of nitrogens with two attached hydrogens (primary N) is 1. The minimum atomic E-state index is -0.637. The molecule has 22 heavy (non-hydrogen) atoms. The summed E-state index contributed by atoms with van der Waals surface area (Å²) < 4.78 is 0. The number of urea groups is 1. The second kappa shape index (κ2) is 6.54. The predicted molar refractivity (Wildman–Crippen MR) is 85.8 cm³/mol. The first-order chi connectivity index (χ1) is 10.1. The van der Waals surface area contributed by atoms with Crippen LogP contribution in [0.5, 0.6) is 0 Å². The highest BCUT2D eigenvalue weighted by Gasteiger charge is 2.37. The Labute approximate surface area is 136 Å². The van der Waals surface area contributed by atoms with Crippen LogP contribution in [0, 0.1) is 6.92 Å². The third-order valence-electron chi connectivity index (χ3n) is 4.25. The summed E-state index contributed by atoms with van der Waals surface area (Å²) in [7, 11) is 0. The van der Waals surface area contributed by atoms with Crippen molar-refractivity contribution in [3.63, 3.8) is 0 Å². The molecular weight excluding hydrogens is 304 g/mol. The standard InChI is InChI=1S/C15H20N4O2.ClH/c1-10-2-4-11(5-3-10)13(16)14(20)18-6-7-19-12(9-18)8-17-15(19)21;/h2-5,12-13H,6-9,16H2,1H3,(H,17,21);1H. The van der Waals surface area contributed by atoms with Crippen molar-refractivity contribution in [1.29, 1.82) is 0 Å². The largest absolute Gasteiger partial charge is 0.337 e. The SMILES string of the molecule is Cc1ccc(C(N)C(=O)N2CCN3C(=O)NCC3C2)cc1.Cl. The minimum Gasteiger partial charge on any atom is -0.337 e. The fourth-order valence-electron chi connectivity index (χ4n) is 2.92. The smallest absolute Gasteiger partial charge is 0.317 e. The first kappa shape index (κ1) is 16.6. The highest BCUT2D eigenvalue weighted by atomic mass is 35.5. The first-order valence-corrected chi connectivity index (χ1v) is 7.21. The fourth-order valence-corrected chi connectivity index (χ4v) is 2.92. The van der Waals surface area contributed by atoms with Gasteiger partial charge < -0.3 is 20.9 Å². The molecule has 2 aliphatic rings. The number of hydrogen-bond acceptors (Lipinski definition) is 3. The van der Waals surface area contributed by atoms with Gasteiger partial charge in [-0.2, -0.15) is 0 Å². The number of fused-ring (bicyclic) bond motifs is 1. The van der Waals surface area contributed by atoms with Crippen molar-refractivity contribution in [1.82, 2.24) is 15.1 Å². The molecule has 2 unspecified atom stereocenters. The van der Waals surface area contributed by atoms with Crippen molar-refractivity contribution in [2.75, 3.05) is 26.2 Å². The molecule has 2 heterocycles. The summed E-state index contributed by atoms with van der Waals surface area (Å²) in [5, 5.41) is 2.81. The minimum absolute atomic E-state index is 0. The zero-order valence-corrected chi connectivity index (χ0v) is 13.3. The molecule has 2 atom stereocenters. The van der Waals surface area contributed by atoms with Crippen LogP contribution in [0.25, 0.3) is 0 Å². The van der Waals surface area contributed by atoms with Crippen molar-refractivity contribution >= 4 is 24.3 Å². The van der Waals surface area contributed by atoms with Crippen LogP contribution < -0.4 is 11.1 Å². The Kier molecular flexibility index (Phi) is 4.93. The molecule has 3 rings (SSSR count). The van der Waals surface area contributed by atoms with Crippen molar-refractivity contribution in [2.45, 2.75) is 19.0 Å². The molecule has 1 aromatic rings. The van der Waals surface area contributed by atoms with E-state index in [1.807, 2.05) is 31.2 Å². The molecule has 2 saturated heterocycles. The highest BCUT2D eigenvalue weighted by Crippen LogP contribution is 2.19. The number of benzene rings is 1. The lowest BCUT2D eigenvalue weighted by Gasteiger charge is -2.37. The summed E-state index contributed by atoms with van der Waals surface area (Å²) in [5.74, 6) is -0.0714. The number of aryl methyl sites for hydroxylation is 1. The Morgan fingerprint density at radius 1 is 1.32 bits per heavy atom. The number of halogens is 1. The van der Waals surface area contributed by atoms with Gasteiger partial charge in [0.15, 0.2) is 0 Å². The zero-order valence-electron chi connectivity index (χ0n) is 12.5. The van der Waals surface area contributed by atoms with Gasteiger partial charge in [0.05, 0.1) is 6.04 Å². The van der Waals surface area contributed by atoms with Gasteiger partial charge in [0.25, 0.3) is 0 Å². The number of carbonyl (C=O) groups excluding carboxylic acids is 2. The summed E-state index contributed by atoms with van der Waals surface area (Å²) in [6.07, 6.45) is 0. The summed E-state index contributed by atoms with van der Waals surface area (Å²) in [4.78, 5) is 27.7. The first-order valence-electron chi connectivity index (χ1n) is 7.21. The van der Waals surface area contributed by atoms with Crippen LogP contribution in [0.4, 0.5) is 4.79 Å². The summed E-state index contributed by atoms with van der Waals surface area (Å²) in [6, 6.07) is 7.11. The number of piperazine rings is 1. The van der Waals surface area contributed by atoms with Gasteiger partial charge in [0, 0.05) is 26.2 Å². The van der Waals surface area contributed by atoms with Crippen LogP contribution in [0.3, 0.4) is 0 Å². The molecule has 0 saturated carbocycles. The van der Waals surface area contributed by atoms with Crippen LogP contribution >= 0.6 is 12.4 Å². The predicted octanol–water partition coefficient (Wildman–Crippen LogP) is 0.653. The van der Waals surface area contributed by atoms with Crippen LogP contribution in [0.15, 0.2) is 24.3 Å². The molecule has 1 aromatic carbocycles. The third-order valence-corrected chi connectivity index (χ3v) is 4.25. The third kappa shape index (κ3) is 3.03. The number of hydrogen-bond donors (Lipinski definition) is 2. The lowest BCUT2D eigenvalue weighted by molar-refractivity contribution is -0.134. The maximum atomic E-state index is 12.5. The quantitative estimate of drug-likeness (QED) is 0.838.